The molecule has 1 fully saturated rings. The number of hydrogen-bond donors (Lipinski definition) is 1. The number of carbonyl (C=O) groups is 1. The number of piperazine rings is 1. The standard InChI is InChI=1S/C19H23N3O/c1-16-6-5-9-18(14-16)22-12-10-21(11-13-22)15-19(23)20-17-7-3-2-4-8-17/h2-9,14H,10-13,15H2,1H3,(H,20,23). The summed E-state index contributed by atoms with van der Waals surface area (Å²) in [5.74, 6) is 0.0557. The van der Waals surface area contributed by atoms with Gasteiger partial charge in [-0.15, -0.1) is 0 Å². The van der Waals surface area contributed by atoms with Crippen LogP contribution in [0.1, 0.15) is 5.56 Å². The van der Waals surface area contributed by atoms with Gasteiger partial charge >= 0.3 is 0 Å². The van der Waals surface area contributed by atoms with Gasteiger partial charge in [0.1, 0.15) is 0 Å². The number of amides is 1. The first kappa shape index (κ1) is 15.6. The van der Waals surface area contributed by atoms with Crippen molar-refractivity contribution in [3.05, 3.63) is 60.2 Å². The van der Waals surface area contributed by atoms with E-state index in [1.807, 2.05) is 30.3 Å². The van der Waals surface area contributed by atoms with Gasteiger partial charge in [0.25, 0.3) is 0 Å². The summed E-state index contributed by atoms with van der Waals surface area (Å²) in [5.41, 5.74) is 3.42. The lowest BCUT2D eigenvalue weighted by Crippen LogP contribution is -2.48. The summed E-state index contributed by atoms with van der Waals surface area (Å²) < 4.78 is 0. The zero-order valence-corrected chi connectivity index (χ0v) is 13.5. The van der Waals surface area contributed by atoms with Crippen LogP contribution in [0.3, 0.4) is 0 Å². The van der Waals surface area contributed by atoms with Gasteiger partial charge in [-0.2, -0.15) is 0 Å². The molecule has 4 nitrogen and oxygen atoms in total. The van der Waals surface area contributed by atoms with Crippen molar-refractivity contribution < 1.29 is 4.79 Å². The summed E-state index contributed by atoms with van der Waals surface area (Å²) in [6.45, 7) is 6.32. The fourth-order valence-electron chi connectivity index (χ4n) is 2.91. The third kappa shape index (κ3) is 4.33. The Balaban J connectivity index is 1.48. The maximum absolute atomic E-state index is 12.1. The van der Waals surface area contributed by atoms with Gasteiger partial charge in [-0.25, -0.2) is 0 Å². The third-order valence-electron chi connectivity index (χ3n) is 4.16. The number of aryl methyl sites for hydroxylation is 1. The minimum Gasteiger partial charge on any atom is -0.369 e. The van der Waals surface area contributed by atoms with E-state index >= 15 is 0 Å². The molecule has 2 aromatic carbocycles. The Hall–Kier alpha value is -2.33. The minimum absolute atomic E-state index is 0.0557. The highest BCUT2D eigenvalue weighted by Crippen LogP contribution is 2.17. The minimum atomic E-state index is 0.0557. The van der Waals surface area contributed by atoms with Crippen LogP contribution < -0.4 is 10.2 Å². The Morgan fingerprint density at radius 2 is 1.74 bits per heavy atom. The van der Waals surface area contributed by atoms with E-state index in [4.69, 9.17) is 0 Å². The van der Waals surface area contributed by atoms with Crippen molar-refractivity contribution >= 4 is 17.3 Å². The van der Waals surface area contributed by atoms with Crippen molar-refractivity contribution in [3.63, 3.8) is 0 Å². The molecule has 0 bridgehead atoms. The average Bonchev–Trinajstić information content (AvgIpc) is 2.56. The van der Waals surface area contributed by atoms with Gasteiger partial charge in [0.15, 0.2) is 0 Å². The first-order chi connectivity index (χ1) is 11.2. The normalized spacial score (nSPS) is 15.4. The van der Waals surface area contributed by atoms with Crippen molar-refractivity contribution in [2.45, 2.75) is 6.92 Å². The highest BCUT2D eigenvalue weighted by Gasteiger charge is 2.19. The van der Waals surface area contributed by atoms with Crippen LogP contribution in [0.4, 0.5) is 11.4 Å². The zero-order chi connectivity index (χ0) is 16.1. The Morgan fingerprint density at radius 1 is 1.00 bits per heavy atom. The fourth-order valence-corrected chi connectivity index (χ4v) is 2.91. The number of nitrogens with one attached hydrogen (secondary N) is 1. The molecule has 1 aliphatic rings. The molecule has 1 N–H and O–H groups in total. The molecule has 0 aliphatic carbocycles. The summed E-state index contributed by atoms with van der Waals surface area (Å²) in [7, 11) is 0. The molecule has 1 heterocycles. The van der Waals surface area contributed by atoms with Crippen LogP contribution >= 0.6 is 0 Å². The van der Waals surface area contributed by atoms with Gasteiger partial charge < -0.3 is 10.2 Å². The number of hydrogen-bond acceptors (Lipinski definition) is 3. The van der Waals surface area contributed by atoms with Gasteiger partial charge in [0, 0.05) is 37.6 Å². The highest BCUT2D eigenvalue weighted by atomic mass is 16.2. The average molecular weight is 309 g/mol. The summed E-state index contributed by atoms with van der Waals surface area (Å²) in [6, 6.07) is 18.2. The van der Waals surface area contributed by atoms with E-state index in [1.54, 1.807) is 0 Å². The molecule has 0 unspecified atom stereocenters. The summed E-state index contributed by atoms with van der Waals surface area (Å²) in [4.78, 5) is 16.7. The van der Waals surface area contributed by atoms with Crippen LogP contribution in [0.25, 0.3) is 0 Å². The molecule has 1 saturated heterocycles. The molecule has 120 valence electrons. The molecule has 4 heteroatoms. The molecular weight excluding hydrogens is 286 g/mol. The topological polar surface area (TPSA) is 35.6 Å². The first-order valence-corrected chi connectivity index (χ1v) is 8.09. The molecule has 0 radical (unpaired) electrons. The molecular formula is C19H23N3O. The van der Waals surface area contributed by atoms with Crippen LogP contribution in [-0.4, -0.2) is 43.5 Å². The van der Waals surface area contributed by atoms with E-state index in [0.717, 1.165) is 31.9 Å². The molecule has 1 amide bonds. The highest BCUT2D eigenvalue weighted by molar-refractivity contribution is 5.92. The Morgan fingerprint density at radius 3 is 2.43 bits per heavy atom. The lowest BCUT2D eigenvalue weighted by molar-refractivity contribution is -0.117. The van der Waals surface area contributed by atoms with E-state index in [0.29, 0.717) is 6.54 Å². The predicted octanol–water partition coefficient (Wildman–Crippen LogP) is 2.76. The monoisotopic (exact) mass is 309 g/mol. The first-order valence-electron chi connectivity index (χ1n) is 8.09. The molecule has 0 aromatic heterocycles. The molecule has 0 atom stereocenters. The van der Waals surface area contributed by atoms with Crippen LogP contribution in [0.5, 0.6) is 0 Å². The lowest BCUT2D eigenvalue weighted by atomic mass is 10.2. The summed E-state index contributed by atoms with van der Waals surface area (Å²) in [6.07, 6.45) is 0. The van der Waals surface area contributed by atoms with Crippen LogP contribution in [-0.2, 0) is 4.79 Å². The van der Waals surface area contributed by atoms with E-state index in [-0.39, 0.29) is 5.91 Å². The molecule has 0 spiro atoms. The van der Waals surface area contributed by atoms with Crippen molar-refractivity contribution in [2.24, 2.45) is 0 Å². The second-order valence-corrected chi connectivity index (χ2v) is 6.02. The second-order valence-electron chi connectivity index (χ2n) is 6.02. The third-order valence-corrected chi connectivity index (χ3v) is 4.16. The van der Waals surface area contributed by atoms with E-state index in [9.17, 15) is 4.79 Å². The zero-order valence-electron chi connectivity index (χ0n) is 13.5. The Bertz CT molecular complexity index is 649. The van der Waals surface area contributed by atoms with Crippen molar-refractivity contribution in [3.8, 4) is 0 Å². The fraction of sp³-hybridized carbons (Fsp3) is 0.316. The second kappa shape index (κ2) is 7.29. The molecule has 1 aliphatic heterocycles. The van der Waals surface area contributed by atoms with Gasteiger partial charge in [-0.1, -0.05) is 30.3 Å². The van der Waals surface area contributed by atoms with Crippen molar-refractivity contribution in [2.75, 3.05) is 42.9 Å². The number of carbonyl (C=O) groups excluding carboxylic acids is 1. The smallest absolute Gasteiger partial charge is 0.238 e. The number of anilines is 2. The largest absolute Gasteiger partial charge is 0.369 e. The van der Waals surface area contributed by atoms with Crippen LogP contribution in [0.15, 0.2) is 54.6 Å². The van der Waals surface area contributed by atoms with Gasteiger partial charge in [-0.3, -0.25) is 9.69 Å². The Kier molecular flexibility index (Phi) is 4.93. The number of para-hydroxylation sites is 1. The summed E-state index contributed by atoms with van der Waals surface area (Å²) >= 11 is 0. The van der Waals surface area contributed by atoms with Gasteiger partial charge in [-0.05, 0) is 36.8 Å². The SMILES string of the molecule is Cc1cccc(N2CCN(CC(=O)Nc3ccccc3)CC2)c1. The molecule has 3 rings (SSSR count). The van der Waals surface area contributed by atoms with E-state index in [2.05, 4.69) is 46.3 Å². The molecule has 23 heavy (non-hydrogen) atoms. The van der Waals surface area contributed by atoms with E-state index < -0.39 is 0 Å². The van der Waals surface area contributed by atoms with Gasteiger partial charge in [0.05, 0.1) is 6.54 Å². The number of nitrogens with zero attached hydrogens (tertiary/aromatic N) is 2. The van der Waals surface area contributed by atoms with Crippen molar-refractivity contribution in [1.82, 2.24) is 4.90 Å². The van der Waals surface area contributed by atoms with Crippen molar-refractivity contribution in [1.29, 1.82) is 0 Å². The summed E-state index contributed by atoms with van der Waals surface area (Å²) in [5, 5.41) is 2.95. The van der Waals surface area contributed by atoms with E-state index in [1.165, 1.54) is 11.3 Å². The Labute approximate surface area is 137 Å². The quantitative estimate of drug-likeness (QED) is 0.943. The van der Waals surface area contributed by atoms with Crippen LogP contribution in [0.2, 0.25) is 0 Å². The lowest BCUT2D eigenvalue weighted by Gasteiger charge is -2.35. The number of benzene rings is 2. The predicted molar refractivity (Wildman–Crippen MR) is 94.9 cm³/mol. The maximum Gasteiger partial charge on any atom is 0.238 e. The number of rotatable bonds is 4. The van der Waals surface area contributed by atoms with Gasteiger partial charge in [0.2, 0.25) is 5.91 Å². The maximum atomic E-state index is 12.1. The molecule has 0 saturated carbocycles. The molecule has 2 aromatic rings. The van der Waals surface area contributed by atoms with Crippen LogP contribution in [0, 0.1) is 6.92 Å².